The third-order valence-electron chi connectivity index (χ3n) is 4.05. The molecule has 0 saturated carbocycles. The second-order valence-electron chi connectivity index (χ2n) is 5.63. The fourth-order valence-electron chi connectivity index (χ4n) is 2.70. The standard InChI is InChI=1S/C20H17N3O2S/c1-24-14-8-6-13(7-9-14)18-11-17-19(23-18)21-12-22-20(17)26-16-5-3-4-15(10-16)25-2/h3-12H,1-2H3,(H,21,22,23). The van der Waals surface area contributed by atoms with Crippen LogP contribution in [0.15, 0.2) is 70.8 Å². The van der Waals surface area contributed by atoms with Gasteiger partial charge in [0.25, 0.3) is 0 Å². The van der Waals surface area contributed by atoms with Crippen LogP contribution < -0.4 is 9.47 Å². The number of H-pyrrole nitrogens is 1. The predicted molar refractivity (Wildman–Crippen MR) is 103 cm³/mol. The molecular formula is C20H17N3O2S. The van der Waals surface area contributed by atoms with E-state index in [2.05, 4.69) is 21.0 Å². The monoisotopic (exact) mass is 363 g/mol. The first-order valence-corrected chi connectivity index (χ1v) is 8.88. The quantitative estimate of drug-likeness (QED) is 0.517. The van der Waals surface area contributed by atoms with Crippen molar-refractivity contribution in [3.8, 4) is 22.8 Å². The molecule has 0 radical (unpaired) electrons. The Kier molecular flexibility index (Phi) is 4.50. The van der Waals surface area contributed by atoms with Gasteiger partial charge in [0.2, 0.25) is 0 Å². The number of rotatable bonds is 5. The summed E-state index contributed by atoms with van der Waals surface area (Å²) in [5.41, 5.74) is 2.88. The fourth-order valence-corrected chi connectivity index (χ4v) is 3.61. The number of nitrogens with zero attached hydrogens (tertiary/aromatic N) is 2. The van der Waals surface area contributed by atoms with Gasteiger partial charge in [0, 0.05) is 10.6 Å². The number of fused-ring (bicyclic) bond motifs is 1. The topological polar surface area (TPSA) is 60.0 Å². The molecule has 1 N–H and O–H groups in total. The molecule has 2 heterocycles. The molecule has 0 unspecified atom stereocenters. The van der Waals surface area contributed by atoms with E-state index < -0.39 is 0 Å². The normalized spacial score (nSPS) is 10.8. The van der Waals surface area contributed by atoms with Crippen molar-refractivity contribution in [1.29, 1.82) is 0 Å². The molecule has 0 saturated heterocycles. The smallest absolute Gasteiger partial charge is 0.142 e. The first-order chi connectivity index (χ1) is 12.8. The molecule has 0 fully saturated rings. The molecule has 0 aliphatic heterocycles. The fraction of sp³-hybridized carbons (Fsp3) is 0.100. The van der Waals surface area contributed by atoms with Crippen molar-refractivity contribution in [2.45, 2.75) is 9.92 Å². The molecule has 5 nitrogen and oxygen atoms in total. The predicted octanol–water partition coefficient (Wildman–Crippen LogP) is 4.79. The van der Waals surface area contributed by atoms with E-state index in [4.69, 9.17) is 9.47 Å². The summed E-state index contributed by atoms with van der Waals surface area (Å²) in [6, 6.07) is 17.9. The summed E-state index contributed by atoms with van der Waals surface area (Å²) in [4.78, 5) is 13.3. The van der Waals surface area contributed by atoms with Gasteiger partial charge in [-0.1, -0.05) is 17.8 Å². The molecule has 0 atom stereocenters. The average molecular weight is 363 g/mol. The molecular weight excluding hydrogens is 346 g/mol. The molecule has 0 spiro atoms. The highest BCUT2D eigenvalue weighted by Gasteiger charge is 2.11. The van der Waals surface area contributed by atoms with E-state index in [1.165, 1.54) is 0 Å². The third kappa shape index (κ3) is 3.23. The minimum absolute atomic E-state index is 0.816. The van der Waals surface area contributed by atoms with Crippen molar-refractivity contribution in [3.63, 3.8) is 0 Å². The van der Waals surface area contributed by atoms with Gasteiger partial charge >= 0.3 is 0 Å². The van der Waals surface area contributed by atoms with Crippen LogP contribution in [0.5, 0.6) is 11.5 Å². The van der Waals surface area contributed by atoms with E-state index in [-0.39, 0.29) is 0 Å². The average Bonchev–Trinajstić information content (AvgIpc) is 3.13. The van der Waals surface area contributed by atoms with Crippen LogP contribution in [0.4, 0.5) is 0 Å². The molecule has 2 aromatic carbocycles. The lowest BCUT2D eigenvalue weighted by atomic mass is 10.1. The van der Waals surface area contributed by atoms with Crippen LogP contribution >= 0.6 is 11.8 Å². The Balaban J connectivity index is 1.70. The van der Waals surface area contributed by atoms with Crippen molar-refractivity contribution in [1.82, 2.24) is 15.0 Å². The van der Waals surface area contributed by atoms with E-state index in [0.29, 0.717) is 0 Å². The maximum atomic E-state index is 5.30. The summed E-state index contributed by atoms with van der Waals surface area (Å²) in [5.74, 6) is 1.66. The molecule has 2 aromatic heterocycles. The summed E-state index contributed by atoms with van der Waals surface area (Å²) >= 11 is 1.59. The van der Waals surface area contributed by atoms with Gasteiger partial charge in [0.05, 0.1) is 19.6 Å². The summed E-state index contributed by atoms with van der Waals surface area (Å²) in [6.45, 7) is 0. The number of nitrogens with one attached hydrogen (secondary N) is 1. The molecule has 130 valence electrons. The van der Waals surface area contributed by atoms with Crippen molar-refractivity contribution in [2.75, 3.05) is 14.2 Å². The zero-order valence-corrected chi connectivity index (χ0v) is 15.2. The maximum absolute atomic E-state index is 5.30. The Morgan fingerprint density at radius 1 is 0.885 bits per heavy atom. The van der Waals surface area contributed by atoms with E-state index in [9.17, 15) is 0 Å². The third-order valence-corrected chi connectivity index (χ3v) is 5.05. The lowest BCUT2D eigenvalue weighted by Crippen LogP contribution is -1.86. The number of aromatic nitrogens is 3. The van der Waals surface area contributed by atoms with Crippen LogP contribution in [-0.4, -0.2) is 29.2 Å². The summed E-state index contributed by atoms with van der Waals surface area (Å²) in [5, 5.41) is 1.89. The van der Waals surface area contributed by atoms with Crippen LogP contribution in [0.3, 0.4) is 0 Å². The number of hydrogen-bond donors (Lipinski definition) is 1. The second-order valence-corrected chi connectivity index (χ2v) is 6.70. The van der Waals surface area contributed by atoms with Crippen LogP contribution in [0, 0.1) is 0 Å². The number of benzene rings is 2. The van der Waals surface area contributed by atoms with Crippen molar-refractivity contribution < 1.29 is 9.47 Å². The maximum Gasteiger partial charge on any atom is 0.142 e. The number of aromatic amines is 1. The molecule has 4 aromatic rings. The highest BCUT2D eigenvalue weighted by atomic mass is 32.2. The zero-order chi connectivity index (χ0) is 17.9. The molecule has 0 amide bonds. The van der Waals surface area contributed by atoms with Gasteiger partial charge in [0.15, 0.2) is 0 Å². The Labute approximate surface area is 155 Å². The summed E-state index contributed by atoms with van der Waals surface area (Å²) in [6.07, 6.45) is 1.58. The van der Waals surface area contributed by atoms with Crippen LogP contribution in [0.1, 0.15) is 0 Å². The van der Waals surface area contributed by atoms with Crippen molar-refractivity contribution in [2.24, 2.45) is 0 Å². The molecule has 6 heteroatoms. The van der Waals surface area contributed by atoms with Gasteiger partial charge in [-0.15, -0.1) is 0 Å². The molecule has 0 aliphatic carbocycles. The lowest BCUT2D eigenvalue weighted by Gasteiger charge is -2.04. The van der Waals surface area contributed by atoms with Gasteiger partial charge < -0.3 is 14.5 Å². The van der Waals surface area contributed by atoms with Crippen LogP contribution in [-0.2, 0) is 0 Å². The molecule has 0 bridgehead atoms. The van der Waals surface area contributed by atoms with Gasteiger partial charge in [0.1, 0.15) is 28.5 Å². The highest BCUT2D eigenvalue weighted by molar-refractivity contribution is 7.99. The van der Waals surface area contributed by atoms with Crippen molar-refractivity contribution >= 4 is 22.8 Å². The van der Waals surface area contributed by atoms with E-state index in [1.54, 1.807) is 32.3 Å². The number of ether oxygens (including phenoxy) is 2. The minimum Gasteiger partial charge on any atom is -0.497 e. The molecule has 0 aliphatic rings. The highest BCUT2D eigenvalue weighted by Crippen LogP contribution is 2.34. The molecule has 4 rings (SSSR count). The van der Waals surface area contributed by atoms with Gasteiger partial charge in [-0.25, -0.2) is 9.97 Å². The van der Waals surface area contributed by atoms with E-state index >= 15 is 0 Å². The Bertz CT molecular complexity index is 1040. The zero-order valence-electron chi connectivity index (χ0n) is 14.4. The Morgan fingerprint density at radius 3 is 2.46 bits per heavy atom. The minimum atomic E-state index is 0.816. The van der Waals surface area contributed by atoms with E-state index in [1.807, 2.05) is 48.5 Å². The summed E-state index contributed by atoms with van der Waals surface area (Å²) in [7, 11) is 3.33. The molecule has 26 heavy (non-hydrogen) atoms. The number of methoxy groups -OCH3 is 2. The lowest BCUT2D eigenvalue weighted by molar-refractivity contribution is 0.413. The van der Waals surface area contributed by atoms with E-state index in [0.717, 1.165) is 43.7 Å². The first-order valence-electron chi connectivity index (χ1n) is 8.07. The second kappa shape index (κ2) is 7.09. The van der Waals surface area contributed by atoms with Crippen LogP contribution in [0.2, 0.25) is 0 Å². The largest absolute Gasteiger partial charge is 0.497 e. The van der Waals surface area contributed by atoms with Crippen LogP contribution in [0.25, 0.3) is 22.3 Å². The number of hydrogen-bond acceptors (Lipinski definition) is 5. The Morgan fingerprint density at radius 2 is 1.69 bits per heavy atom. The Hall–Kier alpha value is -2.99. The van der Waals surface area contributed by atoms with Gasteiger partial charge in [-0.3, -0.25) is 0 Å². The van der Waals surface area contributed by atoms with Crippen molar-refractivity contribution in [3.05, 3.63) is 60.9 Å². The first kappa shape index (κ1) is 16.5. The summed E-state index contributed by atoms with van der Waals surface area (Å²) < 4.78 is 10.5. The van der Waals surface area contributed by atoms with Gasteiger partial charge in [-0.05, 0) is 54.1 Å². The SMILES string of the molecule is COc1ccc(-c2cc3c(Sc4cccc(OC)c4)ncnc3[nH]2)cc1. The van der Waals surface area contributed by atoms with Gasteiger partial charge in [-0.2, -0.15) is 0 Å².